The molecule has 27 heavy (non-hydrogen) atoms. The molecule has 0 spiro atoms. The number of benzene rings is 1. The molecule has 1 saturated carbocycles. The van der Waals surface area contributed by atoms with Crippen molar-refractivity contribution in [1.82, 2.24) is 20.0 Å². The number of rotatable bonds is 6. The van der Waals surface area contributed by atoms with Gasteiger partial charge in [-0.1, -0.05) is 38.0 Å². The van der Waals surface area contributed by atoms with Crippen molar-refractivity contribution in [2.75, 3.05) is 13.6 Å². The van der Waals surface area contributed by atoms with Gasteiger partial charge in [0.05, 0.1) is 17.9 Å². The predicted octanol–water partition coefficient (Wildman–Crippen LogP) is 3.62. The number of nitrogens with zero attached hydrogens (tertiary/aromatic N) is 3. The zero-order chi connectivity index (χ0) is 19.4. The van der Waals surface area contributed by atoms with Gasteiger partial charge in [-0.05, 0) is 51.8 Å². The summed E-state index contributed by atoms with van der Waals surface area (Å²) in [4.78, 5) is 14.6. The molecule has 0 saturated heterocycles. The Morgan fingerprint density at radius 1 is 1.22 bits per heavy atom. The number of carbonyl (C=O) groups is 1. The van der Waals surface area contributed by atoms with Gasteiger partial charge in [-0.25, -0.2) is 4.68 Å². The molecule has 2 aromatic rings. The molecule has 1 aliphatic carbocycles. The highest BCUT2D eigenvalue weighted by molar-refractivity contribution is 5.78. The molecule has 0 aliphatic heterocycles. The van der Waals surface area contributed by atoms with Gasteiger partial charge in [-0.15, -0.1) is 0 Å². The molecule has 1 N–H and O–H groups in total. The second-order valence-corrected chi connectivity index (χ2v) is 8.00. The predicted molar refractivity (Wildman–Crippen MR) is 109 cm³/mol. The fraction of sp³-hybridized carbons (Fsp3) is 0.545. The molecule has 1 heterocycles. The van der Waals surface area contributed by atoms with Crippen molar-refractivity contribution < 1.29 is 4.79 Å². The summed E-state index contributed by atoms with van der Waals surface area (Å²) >= 11 is 0. The summed E-state index contributed by atoms with van der Waals surface area (Å²) in [5, 5.41) is 7.95. The Bertz CT molecular complexity index is 768. The molecule has 1 aliphatic rings. The normalized spacial score (nSPS) is 20.0. The van der Waals surface area contributed by atoms with E-state index in [4.69, 9.17) is 5.10 Å². The third-order valence-electron chi connectivity index (χ3n) is 5.74. The van der Waals surface area contributed by atoms with E-state index in [1.165, 1.54) is 24.8 Å². The van der Waals surface area contributed by atoms with Crippen LogP contribution in [-0.2, 0) is 11.3 Å². The highest BCUT2D eigenvalue weighted by Crippen LogP contribution is 2.24. The summed E-state index contributed by atoms with van der Waals surface area (Å²) in [6.45, 7) is 7.52. The van der Waals surface area contributed by atoms with Crippen LogP contribution in [0.4, 0.5) is 0 Å². The molecule has 0 unspecified atom stereocenters. The number of aromatic nitrogens is 2. The standard InChI is InChI=1S/C22H32N4O/c1-16-10-8-9-13-21(16)23-22(27)15-25(4)14-20-17(2)24-26(18(20)3)19-11-6-5-7-12-19/h5-7,11-12,16,21H,8-10,13-15H2,1-4H3,(H,23,27)/t16-,21-/m0/s1. The van der Waals surface area contributed by atoms with E-state index in [-0.39, 0.29) is 5.91 Å². The monoisotopic (exact) mass is 368 g/mol. The maximum atomic E-state index is 12.5. The van der Waals surface area contributed by atoms with Crippen molar-refractivity contribution in [3.05, 3.63) is 47.3 Å². The number of hydrogen-bond donors (Lipinski definition) is 1. The van der Waals surface area contributed by atoms with Gasteiger partial charge >= 0.3 is 0 Å². The molecule has 5 heteroatoms. The Morgan fingerprint density at radius 3 is 2.63 bits per heavy atom. The second kappa shape index (κ2) is 8.70. The Balaban J connectivity index is 1.61. The first-order chi connectivity index (χ1) is 13.0. The SMILES string of the molecule is Cc1nn(-c2ccccc2)c(C)c1CN(C)CC(=O)N[C@H]1CCCC[C@@H]1C. The zero-order valence-corrected chi connectivity index (χ0v) is 17.0. The summed E-state index contributed by atoms with van der Waals surface area (Å²) in [5.41, 5.74) is 4.41. The number of aryl methyl sites for hydroxylation is 1. The second-order valence-electron chi connectivity index (χ2n) is 8.00. The van der Waals surface area contributed by atoms with E-state index in [1.807, 2.05) is 36.9 Å². The maximum Gasteiger partial charge on any atom is 0.234 e. The van der Waals surface area contributed by atoms with Crippen LogP contribution in [0.25, 0.3) is 5.69 Å². The van der Waals surface area contributed by atoms with E-state index in [2.05, 4.69) is 36.2 Å². The Labute approximate surface area is 162 Å². The molecule has 146 valence electrons. The van der Waals surface area contributed by atoms with Crippen LogP contribution < -0.4 is 5.32 Å². The van der Waals surface area contributed by atoms with Gasteiger partial charge in [-0.3, -0.25) is 9.69 Å². The molecule has 2 atom stereocenters. The molecular formula is C22H32N4O. The fourth-order valence-electron chi connectivity index (χ4n) is 4.08. The summed E-state index contributed by atoms with van der Waals surface area (Å²) in [6.07, 6.45) is 4.84. The molecule has 1 aromatic heterocycles. The van der Waals surface area contributed by atoms with E-state index in [1.54, 1.807) is 0 Å². The third kappa shape index (κ3) is 4.78. The molecule has 1 fully saturated rings. The van der Waals surface area contributed by atoms with Gasteiger partial charge in [0.2, 0.25) is 5.91 Å². The molecule has 5 nitrogen and oxygen atoms in total. The van der Waals surface area contributed by atoms with Crippen molar-refractivity contribution in [2.45, 2.75) is 59.0 Å². The molecule has 3 rings (SSSR count). The van der Waals surface area contributed by atoms with Crippen molar-refractivity contribution in [3.63, 3.8) is 0 Å². The van der Waals surface area contributed by atoms with Crippen molar-refractivity contribution in [1.29, 1.82) is 0 Å². The molecule has 0 radical (unpaired) electrons. The van der Waals surface area contributed by atoms with E-state index in [0.717, 1.165) is 30.0 Å². The number of nitrogens with one attached hydrogen (secondary N) is 1. The van der Waals surface area contributed by atoms with E-state index >= 15 is 0 Å². The van der Waals surface area contributed by atoms with Crippen LogP contribution >= 0.6 is 0 Å². The Morgan fingerprint density at radius 2 is 1.93 bits per heavy atom. The van der Waals surface area contributed by atoms with Gasteiger partial charge in [0, 0.05) is 23.8 Å². The fourth-order valence-corrected chi connectivity index (χ4v) is 4.08. The lowest BCUT2D eigenvalue weighted by atomic mass is 9.86. The first-order valence-electron chi connectivity index (χ1n) is 10.0. The maximum absolute atomic E-state index is 12.5. The van der Waals surface area contributed by atoms with Gasteiger partial charge < -0.3 is 5.32 Å². The topological polar surface area (TPSA) is 50.2 Å². The number of para-hydroxylation sites is 1. The average molecular weight is 369 g/mol. The number of amides is 1. The van der Waals surface area contributed by atoms with Gasteiger partial charge in [0.15, 0.2) is 0 Å². The Hall–Kier alpha value is -2.14. The van der Waals surface area contributed by atoms with Crippen LogP contribution in [0.5, 0.6) is 0 Å². The minimum absolute atomic E-state index is 0.127. The van der Waals surface area contributed by atoms with E-state index < -0.39 is 0 Å². The third-order valence-corrected chi connectivity index (χ3v) is 5.74. The van der Waals surface area contributed by atoms with Crippen molar-refractivity contribution >= 4 is 5.91 Å². The van der Waals surface area contributed by atoms with Crippen LogP contribution in [0.3, 0.4) is 0 Å². The number of likely N-dealkylation sites (N-methyl/N-ethyl adjacent to an activating group) is 1. The van der Waals surface area contributed by atoms with Crippen LogP contribution in [0.15, 0.2) is 30.3 Å². The van der Waals surface area contributed by atoms with Crippen molar-refractivity contribution in [3.8, 4) is 5.69 Å². The van der Waals surface area contributed by atoms with Gasteiger partial charge in [0.25, 0.3) is 0 Å². The highest BCUT2D eigenvalue weighted by Gasteiger charge is 2.23. The molecule has 0 bridgehead atoms. The smallest absolute Gasteiger partial charge is 0.234 e. The number of carbonyl (C=O) groups excluding carboxylic acids is 1. The summed E-state index contributed by atoms with van der Waals surface area (Å²) < 4.78 is 1.99. The minimum atomic E-state index is 0.127. The average Bonchev–Trinajstić information content (AvgIpc) is 2.92. The number of hydrogen-bond acceptors (Lipinski definition) is 3. The quantitative estimate of drug-likeness (QED) is 0.847. The molecular weight excluding hydrogens is 336 g/mol. The van der Waals surface area contributed by atoms with Gasteiger partial charge in [0.1, 0.15) is 0 Å². The van der Waals surface area contributed by atoms with E-state index in [9.17, 15) is 4.79 Å². The lowest BCUT2D eigenvalue weighted by molar-refractivity contribution is -0.123. The first kappa shape index (κ1) is 19.6. The largest absolute Gasteiger partial charge is 0.352 e. The minimum Gasteiger partial charge on any atom is -0.352 e. The van der Waals surface area contributed by atoms with Crippen LogP contribution in [0.1, 0.15) is 49.6 Å². The van der Waals surface area contributed by atoms with Crippen LogP contribution in [0.2, 0.25) is 0 Å². The summed E-state index contributed by atoms with van der Waals surface area (Å²) in [7, 11) is 2.00. The van der Waals surface area contributed by atoms with Crippen LogP contribution in [0, 0.1) is 19.8 Å². The summed E-state index contributed by atoms with van der Waals surface area (Å²) in [5.74, 6) is 0.712. The van der Waals surface area contributed by atoms with Crippen LogP contribution in [-0.4, -0.2) is 40.2 Å². The Kier molecular flexibility index (Phi) is 6.32. The summed E-state index contributed by atoms with van der Waals surface area (Å²) in [6, 6.07) is 10.5. The zero-order valence-electron chi connectivity index (χ0n) is 17.0. The van der Waals surface area contributed by atoms with Crippen molar-refractivity contribution in [2.24, 2.45) is 5.92 Å². The lowest BCUT2D eigenvalue weighted by Crippen LogP contribution is -2.44. The lowest BCUT2D eigenvalue weighted by Gasteiger charge is -2.30. The molecule has 1 aromatic carbocycles. The van der Waals surface area contributed by atoms with E-state index in [0.29, 0.717) is 18.5 Å². The first-order valence-corrected chi connectivity index (χ1v) is 10.0. The molecule has 1 amide bonds. The highest BCUT2D eigenvalue weighted by atomic mass is 16.2. The van der Waals surface area contributed by atoms with Gasteiger partial charge in [-0.2, -0.15) is 5.10 Å².